The maximum absolute atomic E-state index is 5.45. The summed E-state index contributed by atoms with van der Waals surface area (Å²) in [6.07, 6.45) is 1.15. The second-order valence-corrected chi connectivity index (χ2v) is 4.69. The second kappa shape index (κ2) is 6.23. The molecule has 17 heavy (non-hydrogen) atoms. The number of benzene rings is 1. The summed E-state index contributed by atoms with van der Waals surface area (Å²) in [6.45, 7) is 1.96. The fraction of sp³-hybridized carbons (Fsp3) is 0.500. The minimum atomic E-state index is 0.221. The van der Waals surface area contributed by atoms with E-state index in [9.17, 15) is 0 Å². The van der Waals surface area contributed by atoms with Crippen LogP contribution in [0.4, 0.5) is 5.69 Å². The lowest BCUT2D eigenvalue weighted by atomic mass is 10.2. The van der Waals surface area contributed by atoms with Crippen molar-refractivity contribution < 1.29 is 14.2 Å². The zero-order valence-electron chi connectivity index (χ0n) is 9.74. The lowest BCUT2D eigenvalue weighted by Gasteiger charge is -2.23. The third kappa shape index (κ3) is 3.59. The maximum atomic E-state index is 5.45. The highest BCUT2D eigenvalue weighted by Gasteiger charge is 2.13. The highest BCUT2D eigenvalue weighted by molar-refractivity contribution is 9.10. The summed E-state index contributed by atoms with van der Waals surface area (Å²) in [4.78, 5) is 0. The van der Waals surface area contributed by atoms with Crippen molar-refractivity contribution in [2.45, 2.75) is 12.5 Å². The highest BCUT2D eigenvalue weighted by Crippen LogP contribution is 2.27. The van der Waals surface area contributed by atoms with Crippen LogP contribution in [-0.4, -0.2) is 33.2 Å². The van der Waals surface area contributed by atoms with Gasteiger partial charge in [-0.25, -0.2) is 0 Å². The molecule has 4 nitrogen and oxygen atoms in total. The van der Waals surface area contributed by atoms with Crippen LogP contribution in [0.25, 0.3) is 0 Å². The average molecular weight is 302 g/mol. The Morgan fingerprint density at radius 3 is 3.12 bits per heavy atom. The number of hydrogen-bond acceptors (Lipinski definition) is 4. The average Bonchev–Trinajstić information content (AvgIpc) is 2.39. The van der Waals surface area contributed by atoms with Gasteiger partial charge in [-0.2, -0.15) is 0 Å². The first-order chi connectivity index (χ1) is 8.29. The molecule has 0 amide bonds. The summed E-state index contributed by atoms with van der Waals surface area (Å²) in [5.74, 6) is 0.822. The number of halogens is 1. The Morgan fingerprint density at radius 1 is 1.53 bits per heavy atom. The minimum Gasteiger partial charge on any atom is -0.495 e. The van der Waals surface area contributed by atoms with Gasteiger partial charge in [0, 0.05) is 18.3 Å². The second-order valence-electron chi connectivity index (χ2n) is 3.83. The van der Waals surface area contributed by atoms with Gasteiger partial charge in [-0.15, -0.1) is 0 Å². The van der Waals surface area contributed by atoms with Crippen molar-refractivity contribution >= 4 is 21.6 Å². The number of rotatable bonds is 4. The van der Waals surface area contributed by atoms with Gasteiger partial charge in [-0.05, 0) is 34.5 Å². The SMILES string of the molecule is COc1cc(NCC2CCOCO2)ccc1Br. The van der Waals surface area contributed by atoms with E-state index in [0.717, 1.165) is 35.5 Å². The van der Waals surface area contributed by atoms with Crippen LogP contribution in [0.15, 0.2) is 22.7 Å². The standard InChI is InChI=1S/C12H16BrNO3/c1-15-12-6-9(2-3-11(12)13)14-7-10-4-5-16-8-17-10/h2-3,6,10,14H,4-5,7-8H2,1H3. The summed E-state index contributed by atoms with van der Waals surface area (Å²) in [5, 5.41) is 3.33. The summed E-state index contributed by atoms with van der Waals surface area (Å²) < 4.78 is 16.8. The van der Waals surface area contributed by atoms with Crippen molar-refractivity contribution in [2.24, 2.45) is 0 Å². The summed E-state index contributed by atoms with van der Waals surface area (Å²) >= 11 is 3.42. The van der Waals surface area contributed by atoms with Crippen LogP contribution in [-0.2, 0) is 9.47 Å². The Morgan fingerprint density at radius 2 is 2.41 bits per heavy atom. The van der Waals surface area contributed by atoms with Gasteiger partial charge in [-0.1, -0.05) is 0 Å². The highest BCUT2D eigenvalue weighted by atomic mass is 79.9. The smallest absolute Gasteiger partial charge is 0.147 e. The predicted molar refractivity (Wildman–Crippen MR) is 69.5 cm³/mol. The molecule has 0 saturated carbocycles. The topological polar surface area (TPSA) is 39.7 Å². The molecule has 1 atom stereocenters. The number of anilines is 1. The molecule has 0 bridgehead atoms. The fourth-order valence-corrected chi connectivity index (χ4v) is 2.07. The quantitative estimate of drug-likeness (QED) is 0.928. The summed E-state index contributed by atoms with van der Waals surface area (Å²) in [7, 11) is 1.66. The lowest BCUT2D eigenvalue weighted by molar-refractivity contribution is -0.133. The molecule has 0 aliphatic carbocycles. The van der Waals surface area contributed by atoms with Gasteiger partial charge in [-0.3, -0.25) is 0 Å². The Labute approximate surface area is 109 Å². The Hall–Kier alpha value is -0.780. The van der Waals surface area contributed by atoms with Crippen LogP contribution >= 0.6 is 15.9 Å². The molecule has 1 aliphatic rings. The van der Waals surface area contributed by atoms with E-state index < -0.39 is 0 Å². The van der Waals surface area contributed by atoms with E-state index in [1.165, 1.54) is 0 Å². The van der Waals surface area contributed by atoms with Crippen molar-refractivity contribution in [3.05, 3.63) is 22.7 Å². The normalized spacial score (nSPS) is 20.0. The molecule has 0 spiro atoms. The van der Waals surface area contributed by atoms with Gasteiger partial charge in [0.1, 0.15) is 12.5 Å². The summed E-state index contributed by atoms with van der Waals surface area (Å²) in [5.41, 5.74) is 1.03. The molecule has 1 aromatic carbocycles. The van der Waals surface area contributed by atoms with E-state index in [1.807, 2.05) is 18.2 Å². The van der Waals surface area contributed by atoms with Crippen molar-refractivity contribution in [1.29, 1.82) is 0 Å². The molecule has 2 rings (SSSR count). The maximum Gasteiger partial charge on any atom is 0.147 e. The Bertz CT molecular complexity index is 367. The zero-order valence-corrected chi connectivity index (χ0v) is 11.3. The molecule has 1 N–H and O–H groups in total. The molecular weight excluding hydrogens is 286 g/mol. The zero-order chi connectivity index (χ0) is 12.1. The van der Waals surface area contributed by atoms with E-state index in [1.54, 1.807) is 7.11 Å². The first-order valence-electron chi connectivity index (χ1n) is 5.56. The predicted octanol–water partition coefficient (Wildman–Crippen LogP) is 2.63. The molecular formula is C12H16BrNO3. The van der Waals surface area contributed by atoms with Gasteiger partial charge >= 0.3 is 0 Å². The number of hydrogen-bond donors (Lipinski definition) is 1. The van der Waals surface area contributed by atoms with Crippen LogP contribution < -0.4 is 10.1 Å². The minimum absolute atomic E-state index is 0.221. The first-order valence-corrected chi connectivity index (χ1v) is 6.35. The van der Waals surface area contributed by atoms with E-state index in [0.29, 0.717) is 6.79 Å². The van der Waals surface area contributed by atoms with E-state index in [-0.39, 0.29) is 6.10 Å². The summed E-state index contributed by atoms with van der Waals surface area (Å²) in [6, 6.07) is 5.93. The molecule has 1 heterocycles. The van der Waals surface area contributed by atoms with Crippen molar-refractivity contribution in [3.63, 3.8) is 0 Å². The van der Waals surface area contributed by atoms with Crippen molar-refractivity contribution in [1.82, 2.24) is 0 Å². The Kier molecular flexibility index (Phi) is 4.65. The molecule has 1 unspecified atom stereocenters. The molecule has 94 valence electrons. The van der Waals surface area contributed by atoms with Crippen molar-refractivity contribution in [2.75, 3.05) is 32.4 Å². The molecule has 0 radical (unpaired) electrons. The molecule has 5 heteroatoms. The third-order valence-electron chi connectivity index (χ3n) is 2.66. The van der Waals surface area contributed by atoms with Gasteiger partial charge in [0.05, 0.1) is 24.3 Å². The van der Waals surface area contributed by atoms with Gasteiger partial charge in [0.25, 0.3) is 0 Å². The van der Waals surface area contributed by atoms with Crippen LogP contribution in [0.3, 0.4) is 0 Å². The number of nitrogens with one attached hydrogen (secondary N) is 1. The molecule has 1 saturated heterocycles. The molecule has 1 fully saturated rings. The lowest BCUT2D eigenvalue weighted by Crippen LogP contribution is -2.30. The van der Waals surface area contributed by atoms with Crippen LogP contribution in [0, 0.1) is 0 Å². The third-order valence-corrected chi connectivity index (χ3v) is 3.31. The van der Waals surface area contributed by atoms with E-state index in [4.69, 9.17) is 14.2 Å². The van der Waals surface area contributed by atoms with Gasteiger partial charge in [0.15, 0.2) is 0 Å². The largest absolute Gasteiger partial charge is 0.495 e. The van der Waals surface area contributed by atoms with Crippen LogP contribution in [0.2, 0.25) is 0 Å². The van der Waals surface area contributed by atoms with E-state index >= 15 is 0 Å². The molecule has 0 aromatic heterocycles. The first kappa shape index (κ1) is 12.7. The molecule has 1 aromatic rings. The van der Waals surface area contributed by atoms with Gasteiger partial charge in [0.2, 0.25) is 0 Å². The fourth-order valence-electron chi connectivity index (χ4n) is 1.66. The number of ether oxygens (including phenoxy) is 3. The van der Waals surface area contributed by atoms with Crippen LogP contribution in [0.1, 0.15) is 6.42 Å². The van der Waals surface area contributed by atoms with Gasteiger partial charge < -0.3 is 19.5 Å². The number of methoxy groups -OCH3 is 1. The monoisotopic (exact) mass is 301 g/mol. The van der Waals surface area contributed by atoms with E-state index in [2.05, 4.69) is 21.2 Å². The Balaban J connectivity index is 1.89. The van der Waals surface area contributed by atoms with Crippen LogP contribution in [0.5, 0.6) is 5.75 Å². The van der Waals surface area contributed by atoms with Crippen molar-refractivity contribution in [3.8, 4) is 5.75 Å². The molecule has 1 aliphatic heterocycles.